The second kappa shape index (κ2) is 8.19. The molecule has 0 amide bonds. The summed E-state index contributed by atoms with van der Waals surface area (Å²) >= 11 is 0. The predicted molar refractivity (Wildman–Crippen MR) is 70.3 cm³/mol. The number of ether oxygens (including phenoxy) is 2. The van der Waals surface area contributed by atoms with Gasteiger partial charge >= 0.3 is 58.4 Å². The molecule has 0 fully saturated rings. The maximum absolute atomic E-state index is 12.9. The number of methoxy groups -OCH3 is 1. The van der Waals surface area contributed by atoms with Gasteiger partial charge in [0.2, 0.25) is 5.88 Å². The minimum absolute atomic E-state index is 0. The topological polar surface area (TPSA) is 31.4 Å². The van der Waals surface area contributed by atoms with Gasteiger partial charge in [-0.05, 0) is 18.2 Å². The van der Waals surface area contributed by atoms with Gasteiger partial charge in [0.1, 0.15) is 6.61 Å². The van der Waals surface area contributed by atoms with Gasteiger partial charge in [-0.25, -0.2) is 4.98 Å². The van der Waals surface area contributed by atoms with E-state index in [0.717, 1.165) is 6.07 Å². The molecule has 0 aliphatic carbocycles. The second-order valence-electron chi connectivity index (χ2n) is 4.07. The van der Waals surface area contributed by atoms with Gasteiger partial charge in [0, 0.05) is 6.20 Å². The first-order valence-electron chi connectivity index (χ1n) is 5.92. The molecule has 1 aromatic carbocycles. The number of nitrogens with zero attached hydrogens (tertiary/aromatic N) is 1. The van der Waals surface area contributed by atoms with Crippen LogP contribution < -0.4 is 66.3 Å². The summed E-state index contributed by atoms with van der Waals surface area (Å²) in [5.74, 6) is 0.147. The van der Waals surface area contributed by atoms with Crippen LogP contribution in [-0.2, 0) is 6.61 Å². The number of aromatic nitrogens is 1. The summed E-state index contributed by atoms with van der Waals surface area (Å²) in [6.07, 6.45) is 1.54. The van der Waals surface area contributed by atoms with E-state index in [1.54, 1.807) is 12.1 Å². The third-order valence-electron chi connectivity index (χ3n) is 2.70. The van der Waals surface area contributed by atoms with E-state index in [0.29, 0.717) is 11.4 Å². The molecule has 21 heavy (non-hydrogen) atoms. The van der Waals surface area contributed by atoms with Gasteiger partial charge in [-0.3, -0.25) is 0 Å². The Morgan fingerprint density at radius 3 is 2.48 bits per heavy atom. The van der Waals surface area contributed by atoms with Crippen molar-refractivity contribution in [3.05, 3.63) is 48.2 Å². The van der Waals surface area contributed by atoms with Crippen LogP contribution in [0, 0.1) is 0 Å². The molecule has 0 aliphatic heterocycles. The first-order chi connectivity index (χ1) is 9.52. The minimum atomic E-state index is -5.11. The molecule has 0 saturated carbocycles. The number of para-hydroxylation sites is 1. The van der Waals surface area contributed by atoms with Crippen molar-refractivity contribution in [3.63, 3.8) is 0 Å². The van der Waals surface area contributed by atoms with E-state index in [1.165, 1.54) is 31.5 Å². The molecule has 1 heterocycles. The Morgan fingerprint density at radius 1 is 1.10 bits per heavy atom. The maximum Gasteiger partial charge on any atom is 1.00 e. The van der Waals surface area contributed by atoms with Crippen molar-refractivity contribution >= 4 is 12.4 Å². The van der Waals surface area contributed by atoms with E-state index in [-0.39, 0.29) is 63.7 Å². The summed E-state index contributed by atoms with van der Waals surface area (Å²) in [7, 11) is 1.44. The summed E-state index contributed by atoms with van der Waals surface area (Å²) in [6, 6.07) is 8.50. The monoisotopic (exact) mass is 321 g/mol. The molecule has 1 aromatic heterocycles. The third kappa shape index (κ3) is 5.00. The van der Waals surface area contributed by atoms with Crippen molar-refractivity contribution in [3.8, 4) is 11.6 Å². The first kappa shape index (κ1) is 18.5. The Kier molecular flexibility index (Phi) is 7.22. The van der Waals surface area contributed by atoms with Crippen LogP contribution in [0.4, 0.5) is 12.9 Å². The van der Waals surface area contributed by atoms with Gasteiger partial charge in [-0.15, -0.1) is 0 Å². The van der Waals surface area contributed by atoms with Crippen LogP contribution in [0.1, 0.15) is 5.56 Å². The zero-order valence-electron chi connectivity index (χ0n) is 11.7. The summed E-state index contributed by atoms with van der Waals surface area (Å²) in [5, 5.41) is 0. The van der Waals surface area contributed by atoms with Crippen LogP contribution in [0.2, 0.25) is 0 Å². The molecule has 0 N–H and O–H groups in total. The van der Waals surface area contributed by atoms with Crippen molar-refractivity contribution in [1.82, 2.24) is 4.98 Å². The molecule has 0 radical (unpaired) electrons. The fourth-order valence-electron chi connectivity index (χ4n) is 1.76. The minimum Gasteiger partial charge on any atom is -0.492 e. The SMILES string of the molecule is COc1ncccc1COc1ccccc1[B-](F)(F)F.[K+]. The predicted octanol–water partition coefficient (Wildman–Crippen LogP) is -0.272. The quantitative estimate of drug-likeness (QED) is 0.711. The molecule has 0 saturated heterocycles. The summed E-state index contributed by atoms with van der Waals surface area (Å²) in [5.41, 5.74) is -0.158. The molecular weight excluding hydrogens is 309 g/mol. The molecule has 2 aromatic rings. The number of benzene rings is 1. The van der Waals surface area contributed by atoms with Crippen LogP contribution in [0.25, 0.3) is 0 Å². The molecule has 0 aliphatic rings. The number of hydrogen-bond donors (Lipinski definition) is 0. The van der Waals surface area contributed by atoms with E-state index in [4.69, 9.17) is 9.47 Å². The van der Waals surface area contributed by atoms with Crippen molar-refractivity contribution in [2.24, 2.45) is 0 Å². The van der Waals surface area contributed by atoms with E-state index < -0.39 is 12.4 Å². The fourth-order valence-corrected chi connectivity index (χ4v) is 1.76. The Balaban J connectivity index is 0.00000220. The van der Waals surface area contributed by atoms with Crippen LogP contribution in [0.3, 0.4) is 0 Å². The zero-order valence-corrected chi connectivity index (χ0v) is 14.8. The standard InChI is InChI=1S/C13H12BF3NO2.K/c1-19-13-10(5-4-8-18-13)9-20-12-7-3-2-6-11(12)14(15,16)17;/h2-8H,9H2,1H3;/q-1;+1. The van der Waals surface area contributed by atoms with E-state index >= 15 is 0 Å². The van der Waals surface area contributed by atoms with Crippen molar-refractivity contribution in [2.45, 2.75) is 6.61 Å². The van der Waals surface area contributed by atoms with Gasteiger partial charge in [0.05, 0.1) is 18.4 Å². The van der Waals surface area contributed by atoms with Gasteiger partial charge in [0.15, 0.2) is 0 Å². The van der Waals surface area contributed by atoms with E-state index in [2.05, 4.69) is 4.98 Å². The van der Waals surface area contributed by atoms with Crippen LogP contribution in [0.15, 0.2) is 42.6 Å². The molecule has 3 nitrogen and oxygen atoms in total. The van der Waals surface area contributed by atoms with Crippen molar-refractivity contribution in [2.75, 3.05) is 7.11 Å². The van der Waals surface area contributed by atoms with Gasteiger partial charge in [-0.1, -0.05) is 23.7 Å². The normalized spacial score (nSPS) is 10.7. The van der Waals surface area contributed by atoms with Gasteiger partial charge < -0.3 is 22.4 Å². The zero-order chi connectivity index (χ0) is 14.6. The van der Waals surface area contributed by atoms with Crippen molar-refractivity contribution in [1.29, 1.82) is 0 Å². The van der Waals surface area contributed by atoms with Crippen molar-refractivity contribution < 1.29 is 73.8 Å². The average molecular weight is 321 g/mol. The third-order valence-corrected chi connectivity index (χ3v) is 2.70. The molecule has 0 unspecified atom stereocenters. The first-order valence-corrected chi connectivity index (χ1v) is 5.92. The molecular formula is C13H12BF3KNO2. The molecule has 0 atom stereocenters. The fraction of sp³-hybridized carbons (Fsp3) is 0.154. The molecule has 2 rings (SSSR count). The largest absolute Gasteiger partial charge is 1.00 e. The van der Waals surface area contributed by atoms with Crippen LogP contribution in [0.5, 0.6) is 11.6 Å². The Hall–Kier alpha value is -0.539. The Morgan fingerprint density at radius 2 is 1.81 bits per heavy atom. The number of halogens is 3. The Labute approximate surface area is 163 Å². The molecule has 0 bridgehead atoms. The van der Waals surface area contributed by atoms with E-state index in [9.17, 15) is 12.9 Å². The summed E-state index contributed by atoms with van der Waals surface area (Å²) < 4.78 is 48.9. The smallest absolute Gasteiger partial charge is 0.492 e. The molecule has 106 valence electrons. The van der Waals surface area contributed by atoms with Crippen LogP contribution in [-0.4, -0.2) is 19.1 Å². The second-order valence-corrected chi connectivity index (χ2v) is 4.07. The molecule has 0 spiro atoms. The van der Waals surface area contributed by atoms with Gasteiger partial charge in [0.25, 0.3) is 0 Å². The average Bonchev–Trinajstić information content (AvgIpc) is 2.44. The van der Waals surface area contributed by atoms with Gasteiger partial charge in [-0.2, -0.15) is 0 Å². The number of hydrogen-bond acceptors (Lipinski definition) is 3. The number of rotatable bonds is 5. The Bertz CT molecular complexity index is 596. The number of pyridine rings is 1. The maximum atomic E-state index is 12.9. The molecule has 8 heteroatoms. The van der Waals surface area contributed by atoms with Crippen LogP contribution >= 0.6 is 0 Å². The summed E-state index contributed by atoms with van der Waals surface area (Å²) in [6.45, 7) is -5.15. The summed E-state index contributed by atoms with van der Waals surface area (Å²) in [4.78, 5) is 3.96. The van der Waals surface area contributed by atoms with E-state index in [1.807, 2.05) is 0 Å².